The van der Waals surface area contributed by atoms with Crippen molar-refractivity contribution in [3.05, 3.63) is 11.1 Å². The molecule has 2 atom stereocenters. The van der Waals surface area contributed by atoms with Crippen LogP contribution in [-0.2, 0) is 0 Å². The standard InChI is InChI=1S/C15H27N3S/c1-6-16-11(2)13-9-17-14(19-13)18-8-7-12(10-18)15(3,4)5/h9,11-12,16H,6-8,10H2,1-5H3. The monoisotopic (exact) mass is 281 g/mol. The maximum absolute atomic E-state index is 4.62. The molecule has 1 aliphatic rings. The van der Waals surface area contributed by atoms with Crippen LogP contribution < -0.4 is 10.2 Å². The van der Waals surface area contributed by atoms with Gasteiger partial charge in [-0.05, 0) is 31.2 Å². The molecule has 2 unspecified atom stereocenters. The quantitative estimate of drug-likeness (QED) is 0.912. The summed E-state index contributed by atoms with van der Waals surface area (Å²) in [6, 6.07) is 0.414. The summed E-state index contributed by atoms with van der Waals surface area (Å²) in [6.45, 7) is 14.7. The molecule has 0 aliphatic carbocycles. The van der Waals surface area contributed by atoms with Crippen LogP contribution in [0.4, 0.5) is 5.13 Å². The Kier molecular flexibility index (Phi) is 4.51. The fourth-order valence-electron chi connectivity index (χ4n) is 2.67. The van der Waals surface area contributed by atoms with Gasteiger partial charge in [0.05, 0.1) is 0 Å². The van der Waals surface area contributed by atoms with Gasteiger partial charge in [-0.1, -0.05) is 27.7 Å². The number of hydrogen-bond acceptors (Lipinski definition) is 4. The molecule has 4 heteroatoms. The summed E-state index contributed by atoms with van der Waals surface area (Å²) in [4.78, 5) is 8.43. The molecule has 1 aromatic rings. The first-order valence-electron chi connectivity index (χ1n) is 7.36. The second-order valence-electron chi connectivity index (χ2n) is 6.62. The van der Waals surface area contributed by atoms with Crippen LogP contribution in [0.2, 0.25) is 0 Å². The predicted octanol–water partition coefficient (Wildman–Crippen LogP) is 3.69. The highest BCUT2D eigenvalue weighted by molar-refractivity contribution is 7.15. The maximum atomic E-state index is 4.62. The summed E-state index contributed by atoms with van der Waals surface area (Å²) < 4.78 is 0. The maximum Gasteiger partial charge on any atom is 0.185 e. The topological polar surface area (TPSA) is 28.2 Å². The third-order valence-corrected chi connectivity index (χ3v) is 5.37. The summed E-state index contributed by atoms with van der Waals surface area (Å²) >= 11 is 1.84. The summed E-state index contributed by atoms with van der Waals surface area (Å²) in [5.74, 6) is 0.783. The van der Waals surface area contributed by atoms with Gasteiger partial charge in [-0.15, -0.1) is 11.3 Å². The van der Waals surface area contributed by atoms with Gasteiger partial charge in [0, 0.05) is 30.2 Å². The van der Waals surface area contributed by atoms with Crippen molar-refractivity contribution in [1.82, 2.24) is 10.3 Å². The molecule has 0 radical (unpaired) electrons. The number of thiazole rings is 1. The van der Waals surface area contributed by atoms with Crippen molar-refractivity contribution in [2.24, 2.45) is 11.3 Å². The Morgan fingerprint density at radius 2 is 2.26 bits per heavy atom. The van der Waals surface area contributed by atoms with E-state index in [1.165, 1.54) is 16.4 Å². The SMILES string of the molecule is CCNC(C)c1cnc(N2CCC(C(C)(C)C)C2)s1. The van der Waals surface area contributed by atoms with Crippen molar-refractivity contribution in [2.75, 3.05) is 24.5 Å². The van der Waals surface area contributed by atoms with Gasteiger partial charge in [0.15, 0.2) is 5.13 Å². The van der Waals surface area contributed by atoms with Gasteiger partial charge < -0.3 is 10.2 Å². The fraction of sp³-hybridized carbons (Fsp3) is 0.800. The first-order chi connectivity index (χ1) is 8.91. The minimum atomic E-state index is 0.409. The zero-order valence-corrected chi connectivity index (χ0v) is 13.7. The van der Waals surface area contributed by atoms with E-state index in [-0.39, 0.29) is 0 Å². The Bertz CT molecular complexity index is 408. The molecule has 1 aliphatic heterocycles. The van der Waals surface area contributed by atoms with Gasteiger partial charge in [-0.2, -0.15) is 0 Å². The molecule has 1 fully saturated rings. The van der Waals surface area contributed by atoms with Crippen LogP contribution in [0, 0.1) is 11.3 Å². The minimum Gasteiger partial charge on any atom is -0.348 e. The average Bonchev–Trinajstić information content (AvgIpc) is 2.97. The van der Waals surface area contributed by atoms with E-state index in [1.54, 1.807) is 0 Å². The van der Waals surface area contributed by atoms with Crippen molar-refractivity contribution >= 4 is 16.5 Å². The first kappa shape index (κ1) is 14.8. The Morgan fingerprint density at radius 3 is 2.84 bits per heavy atom. The Hall–Kier alpha value is -0.610. The van der Waals surface area contributed by atoms with Crippen LogP contribution in [0.1, 0.15) is 52.0 Å². The Balaban J connectivity index is 2.00. The van der Waals surface area contributed by atoms with Crippen LogP contribution in [0.5, 0.6) is 0 Å². The lowest BCUT2D eigenvalue weighted by Gasteiger charge is -2.26. The lowest BCUT2D eigenvalue weighted by Crippen LogP contribution is -2.25. The van der Waals surface area contributed by atoms with E-state index in [4.69, 9.17) is 0 Å². The van der Waals surface area contributed by atoms with Crippen LogP contribution in [-0.4, -0.2) is 24.6 Å². The second-order valence-corrected chi connectivity index (χ2v) is 7.66. The number of anilines is 1. The van der Waals surface area contributed by atoms with Crippen molar-refractivity contribution < 1.29 is 0 Å². The van der Waals surface area contributed by atoms with Crippen LogP contribution in [0.3, 0.4) is 0 Å². The van der Waals surface area contributed by atoms with E-state index >= 15 is 0 Å². The van der Waals surface area contributed by atoms with E-state index < -0.39 is 0 Å². The highest BCUT2D eigenvalue weighted by atomic mass is 32.1. The summed E-state index contributed by atoms with van der Waals surface area (Å²) in [5, 5.41) is 4.65. The predicted molar refractivity (Wildman–Crippen MR) is 84.0 cm³/mol. The molecule has 0 saturated carbocycles. The molecule has 1 saturated heterocycles. The molecule has 2 heterocycles. The number of aromatic nitrogens is 1. The highest BCUT2D eigenvalue weighted by Gasteiger charge is 2.32. The van der Waals surface area contributed by atoms with Gasteiger partial charge in [-0.3, -0.25) is 0 Å². The number of nitrogens with one attached hydrogen (secondary N) is 1. The molecule has 0 spiro atoms. The summed E-state index contributed by atoms with van der Waals surface area (Å²) in [5.41, 5.74) is 0.409. The molecule has 3 nitrogen and oxygen atoms in total. The third-order valence-electron chi connectivity index (χ3n) is 4.13. The van der Waals surface area contributed by atoms with Gasteiger partial charge in [0.25, 0.3) is 0 Å². The molecule has 2 rings (SSSR count). The molecule has 19 heavy (non-hydrogen) atoms. The van der Waals surface area contributed by atoms with Crippen LogP contribution in [0.15, 0.2) is 6.20 Å². The molecule has 0 amide bonds. The lowest BCUT2D eigenvalue weighted by atomic mass is 9.80. The molecule has 0 aromatic carbocycles. The van der Waals surface area contributed by atoms with Gasteiger partial charge in [-0.25, -0.2) is 4.98 Å². The van der Waals surface area contributed by atoms with Crippen LogP contribution >= 0.6 is 11.3 Å². The molecular weight excluding hydrogens is 254 g/mol. The fourth-order valence-corrected chi connectivity index (χ4v) is 3.65. The normalized spacial score (nSPS) is 21.9. The van der Waals surface area contributed by atoms with Crippen molar-refractivity contribution in [2.45, 2.75) is 47.1 Å². The number of hydrogen-bond donors (Lipinski definition) is 1. The second kappa shape index (κ2) is 5.80. The Labute approximate surface area is 121 Å². The van der Waals surface area contributed by atoms with E-state index in [0.29, 0.717) is 11.5 Å². The zero-order valence-electron chi connectivity index (χ0n) is 12.9. The van der Waals surface area contributed by atoms with E-state index in [0.717, 1.165) is 25.6 Å². The summed E-state index contributed by atoms with van der Waals surface area (Å²) in [7, 11) is 0. The minimum absolute atomic E-state index is 0.409. The lowest BCUT2D eigenvalue weighted by molar-refractivity contribution is 0.263. The highest BCUT2D eigenvalue weighted by Crippen LogP contribution is 2.37. The van der Waals surface area contributed by atoms with Gasteiger partial charge in [0.1, 0.15) is 0 Å². The molecular formula is C15H27N3S. The number of nitrogens with zero attached hydrogens (tertiary/aromatic N) is 2. The molecule has 0 bridgehead atoms. The van der Waals surface area contributed by atoms with Crippen molar-refractivity contribution in [1.29, 1.82) is 0 Å². The van der Waals surface area contributed by atoms with E-state index in [1.807, 2.05) is 17.5 Å². The third kappa shape index (κ3) is 3.48. The first-order valence-corrected chi connectivity index (χ1v) is 8.17. The molecule has 108 valence electrons. The smallest absolute Gasteiger partial charge is 0.185 e. The van der Waals surface area contributed by atoms with E-state index in [2.05, 4.69) is 49.8 Å². The zero-order chi connectivity index (χ0) is 14.0. The average molecular weight is 281 g/mol. The summed E-state index contributed by atoms with van der Waals surface area (Å²) in [6.07, 6.45) is 3.33. The molecule has 1 aromatic heterocycles. The van der Waals surface area contributed by atoms with Crippen molar-refractivity contribution in [3.63, 3.8) is 0 Å². The van der Waals surface area contributed by atoms with E-state index in [9.17, 15) is 0 Å². The van der Waals surface area contributed by atoms with Crippen molar-refractivity contribution in [3.8, 4) is 0 Å². The molecule has 1 N–H and O–H groups in total. The Morgan fingerprint density at radius 1 is 1.53 bits per heavy atom. The van der Waals surface area contributed by atoms with Gasteiger partial charge >= 0.3 is 0 Å². The largest absolute Gasteiger partial charge is 0.348 e. The number of rotatable bonds is 4. The van der Waals surface area contributed by atoms with Crippen LogP contribution in [0.25, 0.3) is 0 Å². The van der Waals surface area contributed by atoms with Gasteiger partial charge in [0.2, 0.25) is 0 Å².